The predicted octanol–water partition coefficient (Wildman–Crippen LogP) is 3.50. The molecule has 0 aliphatic carbocycles. The largest absolute Gasteiger partial charge is 0.468 e. The third-order valence-corrected chi connectivity index (χ3v) is 5.91. The molecule has 0 unspecified atom stereocenters. The maximum atomic E-state index is 13.3. The van der Waals surface area contributed by atoms with Crippen LogP contribution in [0, 0.1) is 5.92 Å². The maximum absolute atomic E-state index is 13.3. The van der Waals surface area contributed by atoms with E-state index in [-0.39, 0.29) is 11.8 Å². The molecule has 2 N–H and O–H groups in total. The van der Waals surface area contributed by atoms with Crippen molar-refractivity contribution >= 4 is 32.9 Å². The van der Waals surface area contributed by atoms with Gasteiger partial charge in [0.25, 0.3) is 6.01 Å². The monoisotopic (exact) mass is 479 g/mol. The number of hydrogen-bond acceptors (Lipinski definition) is 7. The lowest BCUT2D eigenvalue weighted by Gasteiger charge is -2.21. The number of nitrogens with two attached hydrogens (primary N) is 1. The van der Waals surface area contributed by atoms with Crippen LogP contribution in [-0.4, -0.2) is 46.4 Å². The van der Waals surface area contributed by atoms with E-state index >= 15 is 0 Å². The van der Waals surface area contributed by atoms with Crippen molar-refractivity contribution in [3.8, 4) is 12.0 Å². The second-order valence-corrected chi connectivity index (χ2v) is 8.03. The van der Waals surface area contributed by atoms with E-state index in [2.05, 4.69) is 30.9 Å². The molecule has 8 nitrogen and oxygen atoms in total. The van der Waals surface area contributed by atoms with Crippen LogP contribution >= 0.6 is 15.9 Å². The third kappa shape index (κ3) is 4.34. The highest BCUT2D eigenvalue weighted by molar-refractivity contribution is 9.10. The number of fused-ring (bicyclic) bond motifs is 1. The molecule has 160 valence electrons. The van der Waals surface area contributed by atoms with Gasteiger partial charge in [-0.1, -0.05) is 28.1 Å². The molecule has 0 spiro atoms. The summed E-state index contributed by atoms with van der Waals surface area (Å²) in [5.74, 6) is 0.625. The molecule has 2 aromatic heterocycles. The van der Waals surface area contributed by atoms with E-state index in [1.54, 1.807) is 10.6 Å². The number of hydrogen-bond donors (Lipinski definition) is 1. The highest BCUT2D eigenvalue weighted by atomic mass is 79.9. The molecule has 1 aliphatic rings. The Bertz CT molecular complexity index is 1040. The summed E-state index contributed by atoms with van der Waals surface area (Å²) in [5, 5.41) is 0. The SMILES string of the molecule is COc1nc2c(N)nc(OCC3CCOCC3)nc2n1Cc1ccc(Br)c(CF)c1. The lowest BCUT2D eigenvalue weighted by molar-refractivity contribution is 0.0483. The standard InChI is InChI=1S/C20H23BrFN5O3/c1-28-20-24-16-17(23)25-19(30-11-12-4-6-29-7-5-12)26-18(16)27(20)10-13-2-3-15(21)14(8-13)9-22/h2-3,8,12H,4-7,9-11H2,1H3,(H2,23,25,26). The first kappa shape index (κ1) is 20.8. The van der Waals surface area contributed by atoms with Crippen LogP contribution in [0.5, 0.6) is 12.0 Å². The van der Waals surface area contributed by atoms with Crippen LogP contribution in [-0.2, 0) is 18.0 Å². The smallest absolute Gasteiger partial charge is 0.320 e. The fourth-order valence-electron chi connectivity index (χ4n) is 3.46. The average molecular weight is 480 g/mol. The molecule has 30 heavy (non-hydrogen) atoms. The van der Waals surface area contributed by atoms with Crippen LogP contribution in [0.25, 0.3) is 11.2 Å². The number of nitrogens with zero attached hydrogens (tertiary/aromatic N) is 4. The molecule has 0 bridgehead atoms. The zero-order chi connectivity index (χ0) is 21.1. The summed E-state index contributed by atoms with van der Waals surface area (Å²) in [6.45, 7) is 1.82. The van der Waals surface area contributed by atoms with Gasteiger partial charge in [-0.3, -0.25) is 4.57 Å². The normalized spacial score (nSPS) is 14.9. The van der Waals surface area contributed by atoms with Crippen molar-refractivity contribution in [1.29, 1.82) is 0 Å². The molecule has 0 atom stereocenters. The van der Waals surface area contributed by atoms with Crippen molar-refractivity contribution in [3.05, 3.63) is 33.8 Å². The molecular formula is C20H23BrFN5O3. The van der Waals surface area contributed by atoms with Gasteiger partial charge in [0, 0.05) is 17.7 Å². The zero-order valence-corrected chi connectivity index (χ0v) is 18.2. The summed E-state index contributed by atoms with van der Waals surface area (Å²) in [6, 6.07) is 6.07. The Morgan fingerprint density at radius 3 is 2.80 bits per heavy atom. The van der Waals surface area contributed by atoms with Crippen molar-refractivity contribution in [2.75, 3.05) is 32.7 Å². The molecule has 1 fully saturated rings. The van der Waals surface area contributed by atoms with Gasteiger partial charge in [-0.2, -0.15) is 15.0 Å². The minimum Gasteiger partial charge on any atom is -0.468 e. The van der Waals surface area contributed by atoms with Gasteiger partial charge in [0.2, 0.25) is 0 Å². The topological polar surface area (TPSA) is 97.3 Å². The molecule has 10 heteroatoms. The molecule has 4 rings (SSSR count). The molecule has 0 amide bonds. The second-order valence-electron chi connectivity index (χ2n) is 7.17. The number of benzene rings is 1. The van der Waals surface area contributed by atoms with E-state index in [0.717, 1.165) is 36.1 Å². The van der Waals surface area contributed by atoms with Crippen molar-refractivity contribution in [2.24, 2.45) is 5.92 Å². The van der Waals surface area contributed by atoms with E-state index in [0.29, 0.717) is 41.8 Å². The maximum Gasteiger partial charge on any atom is 0.320 e. The molecule has 1 saturated heterocycles. The zero-order valence-electron chi connectivity index (χ0n) is 16.6. The number of alkyl halides is 1. The minimum atomic E-state index is -0.560. The summed E-state index contributed by atoms with van der Waals surface area (Å²) < 4.78 is 32.4. The predicted molar refractivity (Wildman–Crippen MR) is 113 cm³/mol. The average Bonchev–Trinajstić information content (AvgIpc) is 3.12. The Balaban J connectivity index is 1.64. The first-order valence-electron chi connectivity index (χ1n) is 9.70. The van der Waals surface area contributed by atoms with Crippen molar-refractivity contribution in [3.63, 3.8) is 0 Å². The Hall–Kier alpha value is -2.46. The van der Waals surface area contributed by atoms with Crippen LogP contribution in [0.1, 0.15) is 24.0 Å². The Labute approximate surface area is 181 Å². The fourth-order valence-corrected chi connectivity index (χ4v) is 3.81. The minimum absolute atomic E-state index is 0.204. The van der Waals surface area contributed by atoms with Crippen molar-refractivity contribution < 1.29 is 18.6 Å². The van der Waals surface area contributed by atoms with Gasteiger partial charge in [0.15, 0.2) is 17.0 Å². The van der Waals surface area contributed by atoms with Gasteiger partial charge in [-0.05, 0) is 36.0 Å². The highest BCUT2D eigenvalue weighted by Crippen LogP contribution is 2.28. The number of halogens is 2. The molecule has 3 heterocycles. The van der Waals surface area contributed by atoms with Crippen LogP contribution < -0.4 is 15.2 Å². The molecule has 1 aliphatic heterocycles. The summed E-state index contributed by atoms with van der Waals surface area (Å²) in [5.41, 5.74) is 8.52. The molecule has 0 radical (unpaired) electrons. The van der Waals surface area contributed by atoms with E-state index in [1.165, 1.54) is 7.11 Å². The number of aromatic nitrogens is 4. The van der Waals surface area contributed by atoms with Gasteiger partial charge >= 0.3 is 6.01 Å². The highest BCUT2D eigenvalue weighted by Gasteiger charge is 2.20. The number of ether oxygens (including phenoxy) is 3. The molecular weight excluding hydrogens is 457 g/mol. The summed E-state index contributed by atoms with van der Waals surface area (Å²) in [6.07, 6.45) is 1.90. The number of rotatable bonds is 7. The number of imidazole rings is 1. The number of nitrogen functional groups attached to an aromatic ring is 1. The second kappa shape index (κ2) is 9.13. The lowest BCUT2D eigenvalue weighted by Crippen LogP contribution is -2.22. The van der Waals surface area contributed by atoms with E-state index in [4.69, 9.17) is 19.9 Å². The van der Waals surface area contributed by atoms with Gasteiger partial charge in [0.05, 0.1) is 20.3 Å². The van der Waals surface area contributed by atoms with Crippen molar-refractivity contribution in [2.45, 2.75) is 26.1 Å². The summed E-state index contributed by atoms with van der Waals surface area (Å²) >= 11 is 3.36. The molecule has 3 aromatic rings. The van der Waals surface area contributed by atoms with Gasteiger partial charge in [-0.25, -0.2) is 4.39 Å². The van der Waals surface area contributed by atoms with Crippen molar-refractivity contribution in [1.82, 2.24) is 19.5 Å². The van der Waals surface area contributed by atoms with Gasteiger partial charge in [-0.15, -0.1) is 0 Å². The molecule has 1 aromatic carbocycles. The van der Waals surface area contributed by atoms with Crippen LogP contribution in [0.15, 0.2) is 22.7 Å². The Morgan fingerprint density at radius 1 is 1.27 bits per heavy atom. The van der Waals surface area contributed by atoms with Crippen LogP contribution in [0.4, 0.5) is 10.2 Å². The lowest BCUT2D eigenvalue weighted by atomic mass is 10.0. The number of anilines is 1. The van der Waals surface area contributed by atoms with E-state index < -0.39 is 6.67 Å². The first-order chi connectivity index (χ1) is 14.6. The van der Waals surface area contributed by atoms with Crippen LogP contribution in [0.3, 0.4) is 0 Å². The first-order valence-corrected chi connectivity index (χ1v) is 10.5. The Kier molecular flexibility index (Phi) is 6.33. The quantitative estimate of drug-likeness (QED) is 0.553. The Morgan fingerprint density at radius 2 is 2.07 bits per heavy atom. The van der Waals surface area contributed by atoms with E-state index in [1.807, 2.05) is 12.1 Å². The van der Waals surface area contributed by atoms with Crippen LogP contribution in [0.2, 0.25) is 0 Å². The van der Waals surface area contributed by atoms with Gasteiger partial charge < -0.3 is 19.9 Å². The molecule has 0 saturated carbocycles. The van der Waals surface area contributed by atoms with E-state index in [9.17, 15) is 4.39 Å². The fraction of sp³-hybridized carbons (Fsp3) is 0.450. The van der Waals surface area contributed by atoms with Gasteiger partial charge in [0.1, 0.15) is 6.67 Å². The number of methoxy groups -OCH3 is 1. The third-order valence-electron chi connectivity index (χ3n) is 5.13. The summed E-state index contributed by atoms with van der Waals surface area (Å²) in [7, 11) is 1.53. The summed E-state index contributed by atoms with van der Waals surface area (Å²) in [4.78, 5) is 13.2.